The van der Waals surface area contributed by atoms with Crippen LogP contribution in [0.4, 0.5) is 18.9 Å². The topological polar surface area (TPSA) is 86.1 Å². The highest BCUT2D eigenvalue weighted by Crippen LogP contribution is 2.29. The Labute approximate surface area is 169 Å². The van der Waals surface area contributed by atoms with Gasteiger partial charge < -0.3 is 10.1 Å². The molecule has 1 unspecified atom stereocenters. The normalized spacial score (nSPS) is 12.3. The van der Waals surface area contributed by atoms with Gasteiger partial charge in [0.2, 0.25) is 0 Å². The number of amides is 1. The fourth-order valence-corrected chi connectivity index (χ4v) is 2.52. The standard InChI is InChI=1S/C20H17F3N4O3/c1-13(18(28)26-17-8-6-16(7-9-17)20(21,22)23)30-19(29)15-4-2-14(3-5-15)10-27-12-24-11-25-27/h2-9,11-13H,10H2,1H3,(H,26,28). The van der Waals surface area contributed by atoms with Gasteiger partial charge in [-0.15, -0.1) is 0 Å². The molecule has 1 heterocycles. The van der Waals surface area contributed by atoms with E-state index in [0.717, 1.165) is 29.8 Å². The maximum Gasteiger partial charge on any atom is 0.416 e. The number of anilines is 1. The minimum absolute atomic E-state index is 0.161. The molecule has 3 rings (SSSR count). The first-order valence-electron chi connectivity index (χ1n) is 8.83. The van der Waals surface area contributed by atoms with Crippen molar-refractivity contribution in [3.63, 3.8) is 0 Å². The van der Waals surface area contributed by atoms with Gasteiger partial charge in [0.15, 0.2) is 6.10 Å². The molecular weight excluding hydrogens is 401 g/mol. The fourth-order valence-electron chi connectivity index (χ4n) is 2.52. The van der Waals surface area contributed by atoms with Gasteiger partial charge in [0, 0.05) is 5.69 Å². The molecule has 0 spiro atoms. The molecule has 1 N–H and O–H groups in total. The van der Waals surface area contributed by atoms with E-state index in [-0.39, 0.29) is 11.3 Å². The van der Waals surface area contributed by atoms with E-state index in [1.54, 1.807) is 35.3 Å². The Morgan fingerprint density at radius 3 is 2.33 bits per heavy atom. The largest absolute Gasteiger partial charge is 0.449 e. The maximum absolute atomic E-state index is 12.6. The van der Waals surface area contributed by atoms with Gasteiger partial charge >= 0.3 is 12.1 Å². The fraction of sp³-hybridized carbons (Fsp3) is 0.200. The van der Waals surface area contributed by atoms with Crippen LogP contribution in [0.1, 0.15) is 28.4 Å². The van der Waals surface area contributed by atoms with E-state index in [2.05, 4.69) is 15.4 Å². The van der Waals surface area contributed by atoms with Crippen LogP contribution >= 0.6 is 0 Å². The zero-order valence-electron chi connectivity index (χ0n) is 15.8. The molecule has 0 fully saturated rings. The second-order valence-electron chi connectivity index (χ2n) is 6.40. The lowest BCUT2D eigenvalue weighted by Crippen LogP contribution is -2.30. The van der Waals surface area contributed by atoms with Crippen molar-refractivity contribution in [2.75, 3.05) is 5.32 Å². The number of esters is 1. The highest BCUT2D eigenvalue weighted by molar-refractivity contribution is 5.97. The van der Waals surface area contributed by atoms with Crippen molar-refractivity contribution in [3.8, 4) is 0 Å². The lowest BCUT2D eigenvalue weighted by atomic mass is 10.1. The molecule has 1 amide bonds. The Morgan fingerprint density at radius 2 is 1.77 bits per heavy atom. The van der Waals surface area contributed by atoms with Crippen LogP contribution in [0.5, 0.6) is 0 Å². The monoisotopic (exact) mass is 418 g/mol. The molecular formula is C20H17F3N4O3. The average Bonchev–Trinajstić information content (AvgIpc) is 3.21. The van der Waals surface area contributed by atoms with Gasteiger partial charge in [-0.2, -0.15) is 18.3 Å². The van der Waals surface area contributed by atoms with Crippen LogP contribution in [0.15, 0.2) is 61.2 Å². The molecule has 30 heavy (non-hydrogen) atoms. The zero-order valence-corrected chi connectivity index (χ0v) is 15.8. The summed E-state index contributed by atoms with van der Waals surface area (Å²) < 4.78 is 44.5. The summed E-state index contributed by atoms with van der Waals surface area (Å²) in [5.74, 6) is -1.36. The summed E-state index contributed by atoms with van der Waals surface area (Å²) in [5.41, 5.74) is 0.484. The molecule has 1 atom stereocenters. The predicted octanol–water partition coefficient (Wildman–Crippen LogP) is 3.53. The van der Waals surface area contributed by atoms with Gasteiger partial charge in [0.05, 0.1) is 17.7 Å². The van der Waals surface area contributed by atoms with Gasteiger partial charge in [-0.1, -0.05) is 12.1 Å². The van der Waals surface area contributed by atoms with Crippen molar-refractivity contribution in [1.82, 2.24) is 14.8 Å². The minimum Gasteiger partial charge on any atom is -0.449 e. The molecule has 156 valence electrons. The molecule has 0 radical (unpaired) electrons. The number of alkyl halides is 3. The number of nitrogens with one attached hydrogen (secondary N) is 1. The average molecular weight is 418 g/mol. The summed E-state index contributed by atoms with van der Waals surface area (Å²) in [6, 6.07) is 10.5. The smallest absolute Gasteiger partial charge is 0.416 e. The van der Waals surface area contributed by atoms with Crippen molar-refractivity contribution in [2.45, 2.75) is 25.7 Å². The van der Waals surface area contributed by atoms with Crippen LogP contribution in [-0.2, 0) is 22.3 Å². The van der Waals surface area contributed by atoms with Gasteiger partial charge in [-0.3, -0.25) is 4.79 Å². The Bertz CT molecular complexity index is 1000. The van der Waals surface area contributed by atoms with E-state index in [1.165, 1.54) is 13.3 Å². The zero-order chi connectivity index (χ0) is 21.7. The molecule has 0 aliphatic carbocycles. The molecule has 10 heteroatoms. The molecule has 0 saturated carbocycles. The van der Waals surface area contributed by atoms with E-state index >= 15 is 0 Å². The third kappa shape index (κ3) is 5.43. The van der Waals surface area contributed by atoms with Crippen molar-refractivity contribution < 1.29 is 27.5 Å². The van der Waals surface area contributed by atoms with Crippen LogP contribution < -0.4 is 5.32 Å². The van der Waals surface area contributed by atoms with Crippen LogP contribution in [-0.4, -0.2) is 32.7 Å². The Morgan fingerprint density at radius 1 is 1.10 bits per heavy atom. The number of hydrogen-bond acceptors (Lipinski definition) is 5. The van der Waals surface area contributed by atoms with Crippen LogP contribution in [0, 0.1) is 0 Å². The lowest BCUT2D eigenvalue weighted by molar-refractivity contribution is -0.137. The summed E-state index contributed by atoms with van der Waals surface area (Å²) in [6.45, 7) is 1.86. The Balaban J connectivity index is 1.54. The molecule has 3 aromatic rings. The van der Waals surface area contributed by atoms with Crippen molar-refractivity contribution >= 4 is 17.6 Å². The molecule has 7 nitrogen and oxygen atoms in total. The molecule has 0 bridgehead atoms. The number of nitrogens with zero attached hydrogens (tertiary/aromatic N) is 3. The number of aromatic nitrogens is 3. The lowest BCUT2D eigenvalue weighted by Gasteiger charge is -2.14. The number of ether oxygens (including phenoxy) is 1. The second-order valence-corrected chi connectivity index (χ2v) is 6.40. The number of rotatable bonds is 6. The summed E-state index contributed by atoms with van der Waals surface area (Å²) >= 11 is 0. The highest BCUT2D eigenvalue weighted by Gasteiger charge is 2.30. The molecule has 1 aromatic heterocycles. The Kier molecular flexibility index (Phi) is 6.14. The van der Waals surface area contributed by atoms with Crippen molar-refractivity contribution in [3.05, 3.63) is 77.9 Å². The number of carbonyl (C=O) groups excluding carboxylic acids is 2. The quantitative estimate of drug-likeness (QED) is 0.619. The van der Waals surface area contributed by atoms with Crippen LogP contribution in [0.3, 0.4) is 0 Å². The van der Waals surface area contributed by atoms with E-state index in [9.17, 15) is 22.8 Å². The summed E-state index contributed by atoms with van der Waals surface area (Å²) in [6.07, 6.45) is -2.62. The molecule has 0 saturated heterocycles. The SMILES string of the molecule is CC(OC(=O)c1ccc(Cn2cncn2)cc1)C(=O)Nc1ccc(C(F)(F)F)cc1. The van der Waals surface area contributed by atoms with E-state index in [0.29, 0.717) is 6.54 Å². The molecule has 2 aromatic carbocycles. The first-order chi connectivity index (χ1) is 14.2. The minimum atomic E-state index is -4.46. The van der Waals surface area contributed by atoms with Gasteiger partial charge in [0.25, 0.3) is 5.91 Å². The second kappa shape index (κ2) is 8.76. The van der Waals surface area contributed by atoms with Crippen molar-refractivity contribution in [2.24, 2.45) is 0 Å². The van der Waals surface area contributed by atoms with E-state index in [1.807, 2.05) is 0 Å². The summed E-state index contributed by atoms with van der Waals surface area (Å²) in [5, 5.41) is 6.40. The van der Waals surface area contributed by atoms with E-state index < -0.39 is 29.7 Å². The Hall–Kier alpha value is -3.69. The number of benzene rings is 2. The number of carbonyl (C=O) groups is 2. The highest BCUT2D eigenvalue weighted by atomic mass is 19.4. The first-order valence-corrected chi connectivity index (χ1v) is 8.83. The summed E-state index contributed by atoms with van der Waals surface area (Å²) in [4.78, 5) is 28.3. The number of halogens is 3. The third-order valence-electron chi connectivity index (χ3n) is 4.13. The molecule has 0 aliphatic heterocycles. The first kappa shape index (κ1) is 21.0. The van der Waals surface area contributed by atoms with E-state index in [4.69, 9.17) is 4.74 Å². The van der Waals surface area contributed by atoms with Crippen molar-refractivity contribution in [1.29, 1.82) is 0 Å². The van der Waals surface area contributed by atoms with Gasteiger partial charge in [-0.05, 0) is 48.9 Å². The predicted molar refractivity (Wildman–Crippen MR) is 101 cm³/mol. The van der Waals surface area contributed by atoms with Crippen LogP contribution in [0.25, 0.3) is 0 Å². The van der Waals surface area contributed by atoms with Crippen LogP contribution in [0.2, 0.25) is 0 Å². The van der Waals surface area contributed by atoms with Gasteiger partial charge in [-0.25, -0.2) is 14.5 Å². The third-order valence-corrected chi connectivity index (χ3v) is 4.13. The molecule has 0 aliphatic rings. The number of hydrogen-bond donors (Lipinski definition) is 1. The van der Waals surface area contributed by atoms with Gasteiger partial charge in [0.1, 0.15) is 12.7 Å². The maximum atomic E-state index is 12.6. The summed E-state index contributed by atoms with van der Waals surface area (Å²) in [7, 11) is 0.